The van der Waals surface area contributed by atoms with Crippen LogP contribution in [0.15, 0.2) is 0 Å². The summed E-state index contributed by atoms with van der Waals surface area (Å²) < 4.78 is 0. The van der Waals surface area contributed by atoms with Crippen LogP contribution in [0.2, 0.25) is 0 Å². The Morgan fingerprint density at radius 3 is 2.67 bits per heavy atom. The van der Waals surface area contributed by atoms with Gasteiger partial charge in [0, 0.05) is 19.0 Å². The number of aryl methyl sites for hydroxylation is 1. The van der Waals surface area contributed by atoms with Crippen molar-refractivity contribution in [3.63, 3.8) is 0 Å². The molecular formula is C16H26N2O2S. The first kappa shape index (κ1) is 16.4. The fraction of sp³-hybridized carbons (Fsp3) is 0.750. The van der Waals surface area contributed by atoms with Crippen LogP contribution < -0.4 is 0 Å². The molecule has 0 amide bonds. The molecule has 1 heterocycles. The lowest BCUT2D eigenvalue weighted by Crippen LogP contribution is -2.34. The van der Waals surface area contributed by atoms with Crippen molar-refractivity contribution < 1.29 is 9.90 Å². The second-order valence-corrected chi connectivity index (χ2v) is 7.04. The van der Waals surface area contributed by atoms with Crippen LogP contribution in [-0.2, 0) is 12.8 Å². The predicted molar refractivity (Wildman–Crippen MR) is 86.3 cm³/mol. The molecule has 1 aromatic rings. The van der Waals surface area contributed by atoms with E-state index in [9.17, 15) is 9.90 Å². The lowest BCUT2D eigenvalue weighted by molar-refractivity contribution is 0.0700. The van der Waals surface area contributed by atoms with Gasteiger partial charge in [0.15, 0.2) is 0 Å². The van der Waals surface area contributed by atoms with E-state index < -0.39 is 5.97 Å². The van der Waals surface area contributed by atoms with E-state index in [1.165, 1.54) is 43.4 Å². The van der Waals surface area contributed by atoms with Gasteiger partial charge in [0.25, 0.3) is 0 Å². The number of rotatable bonds is 7. The zero-order valence-electron chi connectivity index (χ0n) is 13.1. The molecule has 0 spiro atoms. The highest BCUT2D eigenvalue weighted by Crippen LogP contribution is 2.23. The molecule has 0 aliphatic heterocycles. The summed E-state index contributed by atoms with van der Waals surface area (Å²) >= 11 is 1.36. The third kappa shape index (κ3) is 4.51. The van der Waals surface area contributed by atoms with E-state index in [-0.39, 0.29) is 0 Å². The molecule has 0 bridgehead atoms. The Morgan fingerprint density at radius 2 is 2.05 bits per heavy atom. The summed E-state index contributed by atoms with van der Waals surface area (Å²) in [4.78, 5) is 18.7. The molecule has 1 N–H and O–H groups in total. The molecule has 118 valence electrons. The summed E-state index contributed by atoms with van der Waals surface area (Å²) in [5.41, 5.74) is 0.769. The topological polar surface area (TPSA) is 53.4 Å². The number of aromatic carboxylic acids is 1. The van der Waals surface area contributed by atoms with Crippen molar-refractivity contribution in [1.29, 1.82) is 0 Å². The van der Waals surface area contributed by atoms with Crippen molar-refractivity contribution >= 4 is 17.3 Å². The molecule has 1 aliphatic rings. The molecule has 1 aliphatic carbocycles. The Bertz CT molecular complexity index is 467. The normalized spacial score (nSPS) is 16.5. The van der Waals surface area contributed by atoms with Crippen molar-refractivity contribution in [3.05, 3.63) is 15.6 Å². The van der Waals surface area contributed by atoms with Gasteiger partial charge in [-0.1, -0.05) is 32.6 Å². The number of hydrogen-bond donors (Lipinski definition) is 1. The van der Waals surface area contributed by atoms with Crippen molar-refractivity contribution in [1.82, 2.24) is 9.88 Å². The van der Waals surface area contributed by atoms with E-state index in [4.69, 9.17) is 0 Å². The zero-order valence-corrected chi connectivity index (χ0v) is 13.9. The van der Waals surface area contributed by atoms with Crippen LogP contribution >= 0.6 is 11.3 Å². The van der Waals surface area contributed by atoms with Gasteiger partial charge in [-0.25, -0.2) is 9.78 Å². The average molecular weight is 310 g/mol. The summed E-state index contributed by atoms with van der Waals surface area (Å²) in [7, 11) is 2.19. The Kier molecular flexibility index (Phi) is 6.18. The van der Waals surface area contributed by atoms with Gasteiger partial charge in [-0.2, -0.15) is 0 Å². The Balaban J connectivity index is 1.92. The summed E-state index contributed by atoms with van der Waals surface area (Å²) in [5, 5.41) is 10.2. The molecule has 0 unspecified atom stereocenters. The Morgan fingerprint density at radius 1 is 1.33 bits per heavy atom. The molecule has 0 saturated heterocycles. The largest absolute Gasteiger partial charge is 0.477 e. The zero-order chi connectivity index (χ0) is 15.2. The Hall–Kier alpha value is -0.940. The van der Waals surface area contributed by atoms with Gasteiger partial charge in [0.1, 0.15) is 4.88 Å². The molecule has 0 aromatic carbocycles. The monoisotopic (exact) mass is 310 g/mol. The maximum Gasteiger partial charge on any atom is 0.347 e. The van der Waals surface area contributed by atoms with Crippen molar-refractivity contribution in [3.8, 4) is 0 Å². The highest BCUT2D eigenvalue weighted by molar-refractivity contribution is 7.13. The van der Waals surface area contributed by atoms with Crippen LogP contribution in [0.4, 0.5) is 0 Å². The Labute approximate surface area is 131 Å². The lowest BCUT2D eigenvalue weighted by atomic mass is 9.94. The van der Waals surface area contributed by atoms with Gasteiger partial charge in [-0.15, -0.1) is 11.3 Å². The first-order valence-corrected chi connectivity index (χ1v) is 8.85. The fourth-order valence-electron chi connectivity index (χ4n) is 3.06. The molecule has 21 heavy (non-hydrogen) atoms. The van der Waals surface area contributed by atoms with Gasteiger partial charge >= 0.3 is 5.97 Å². The van der Waals surface area contributed by atoms with Gasteiger partial charge in [-0.05, 0) is 26.3 Å². The number of likely N-dealkylation sites (N-methyl/N-ethyl adjacent to an activating group) is 1. The smallest absolute Gasteiger partial charge is 0.347 e. The summed E-state index contributed by atoms with van der Waals surface area (Å²) in [5.74, 6) is -0.831. The van der Waals surface area contributed by atoms with Crippen molar-refractivity contribution in [2.75, 3.05) is 13.6 Å². The summed E-state index contributed by atoms with van der Waals surface area (Å²) in [6, 6.07) is 0.702. The molecule has 4 nitrogen and oxygen atoms in total. The second-order valence-electron chi connectivity index (χ2n) is 5.96. The van der Waals surface area contributed by atoms with E-state index in [1.54, 1.807) is 0 Å². The molecule has 2 rings (SSSR count). The van der Waals surface area contributed by atoms with Crippen LogP contribution in [0, 0.1) is 0 Å². The van der Waals surface area contributed by atoms with Crippen LogP contribution in [0.25, 0.3) is 0 Å². The molecule has 0 atom stereocenters. The quantitative estimate of drug-likeness (QED) is 0.836. The van der Waals surface area contributed by atoms with Gasteiger partial charge in [0.05, 0.1) is 10.7 Å². The summed E-state index contributed by atoms with van der Waals surface area (Å²) in [6.45, 7) is 3.03. The number of thiazole rings is 1. The third-order valence-electron chi connectivity index (χ3n) is 4.30. The highest BCUT2D eigenvalue weighted by Gasteiger charge is 2.20. The molecule has 0 radical (unpaired) electrons. The number of aromatic nitrogens is 1. The van der Waals surface area contributed by atoms with Crippen molar-refractivity contribution in [2.24, 2.45) is 0 Å². The van der Waals surface area contributed by atoms with Crippen molar-refractivity contribution in [2.45, 2.75) is 64.3 Å². The third-order valence-corrected chi connectivity index (χ3v) is 5.44. The molecule has 1 saturated carbocycles. The fourth-order valence-corrected chi connectivity index (χ4v) is 4.00. The second kappa shape index (κ2) is 7.90. The number of carbonyl (C=O) groups is 1. The highest BCUT2D eigenvalue weighted by atomic mass is 32.1. The maximum atomic E-state index is 11.3. The minimum absolute atomic E-state index is 0.437. The lowest BCUT2D eigenvalue weighted by Gasteiger charge is -2.30. The number of nitrogens with zero attached hydrogens (tertiary/aromatic N) is 2. The van der Waals surface area contributed by atoms with E-state index >= 15 is 0 Å². The SMILES string of the molecule is CCCc1nc(CCN(C)C2CCCCC2)sc1C(=O)O. The first-order valence-electron chi connectivity index (χ1n) is 8.04. The number of carboxylic acid groups (broad SMARTS) is 1. The van der Waals surface area contributed by atoms with E-state index in [0.29, 0.717) is 10.9 Å². The van der Waals surface area contributed by atoms with E-state index in [0.717, 1.165) is 36.5 Å². The average Bonchev–Trinajstić information content (AvgIpc) is 2.89. The standard InChI is InChI=1S/C16H26N2O2S/c1-3-7-13-15(16(19)20)21-14(17-13)10-11-18(2)12-8-5-4-6-9-12/h12H,3-11H2,1-2H3,(H,19,20). The molecule has 5 heteroatoms. The van der Waals surface area contributed by atoms with Crippen LogP contribution in [0.1, 0.15) is 65.8 Å². The van der Waals surface area contributed by atoms with Crippen LogP contribution in [-0.4, -0.2) is 40.6 Å². The summed E-state index contributed by atoms with van der Waals surface area (Å²) in [6.07, 6.45) is 9.22. The minimum atomic E-state index is -0.831. The van der Waals surface area contributed by atoms with Gasteiger partial charge in [0.2, 0.25) is 0 Å². The van der Waals surface area contributed by atoms with E-state index in [1.807, 2.05) is 0 Å². The molecule has 1 fully saturated rings. The molecule has 1 aromatic heterocycles. The van der Waals surface area contributed by atoms with Crippen LogP contribution in [0.3, 0.4) is 0 Å². The maximum absolute atomic E-state index is 11.3. The molecular weight excluding hydrogens is 284 g/mol. The van der Waals surface area contributed by atoms with Crippen LogP contribution in [0.5, 0.6) is 0 Å². The first-order chi connectivity index (χ1) is 10.1. The van der Waals surface area contributed by atoms with Gasteiger partial charge in [-0.3, -0.25) is 0 Å². The number of hydrogen-bond acceptors (Lipinski definition) is 4. The predicted octanol–water partition coefficient (Wildman–Crippen LogP) is 3.60. The number of carboxylic acids is 1. The van der Waals surface area contributed by atoms with Gasteiger partial charge < -0.3 is 10.0 Å². The van der Waals surface area contributed by atoms with E-state index in [2.05, 4.69) is 23.9 Å². The minimum Gasteiger partial charge on any atom is -0.477 e.